The van der Waals surface area contributed by atoms with Crippen molar-refractivity contribution in [3.05, 3.63) is 100 Å². The molecular weight excluding hydrogens is 569 g/mol. The monoisotopic (exact) mass is 601 g/mol. The third-order valence-electron chi connectivity index (χ3n) is 6.99. The van der Waals surface area contributed by atoms with Crippen molar-refractivity contribution in [3.8, 4) is 0 Å². The minimum Gasteiger partial charge on any atom is -0.352 e. The third kappa shape index (κ3) is 8.22. The summed E-state index contributed by atoms with van der Waals surface area (Å²) >= 11 is 12.4. The summed E-state index contributed by atoms with van der Waals surface area (Å²) in [4.78, 5) is 29.4. The minimum atomic E-state index is -3.86. The number of anilines is 1. The summed E-state index contributed by atoms with van der Waals surface area (Å²) in [6, 6.07) is 22.0. The Hall–Kier alpha value is -3.07. The van der Waals surface area contributed by atoms with E-state index < -0.39 is 28.5 Å². The van der Waals surface area contributed by atoms with Gasteiger partial charge in [-0.15, -0.1) is 0 Å². The first-order valence-electron chi connectivity index (χ1n) is 13.2. The summed E-state index contributed by atoms with van der Waals surface area (Å²) in [5.41, 5.74) is 1.87. The summed E-state index contributed by atoms with van der Waals surface area (Å²) < 4.78 is 26.7. The molecule has 0 heterocycles. The molecule has 212 valence electrons. The molecule has 3 aromatic carbocycles. The predicted octanol–water partition coefficient (Wildman–Crippen LogP) is 5.46. The summed E-state index contributed by atoms with van der Waals surface area (Å²) in [5.74, 6) is -0.785. The maximum Gasteiger partial charge on any atom is 0.244 e. The van der Waals surface area contributed by atoms with Gasteiger partial charge in [-0.05, 0) is 54.3 Å². The smallest absolute Gasteiger partial charge is 0.244 e. The van der Waals surface area contributed by atoms with E-state index >= 15 is 0 Å². The number of sulfonamides is 1. The van der Waals surface area contributed by atoms with Crippen LogP contribution in [-0.2, 0) is 32.6 Å². The molecule has 0 spiro atoms. The van der Waals surface area contributed by atoms with Gasteiger partial charge in [0.25, 0.3) is 0 Å². The van der Waals surface area contributed by atoms with E-state index in [1.54, 1.807) is 36.4 Å². The normalized spacial score (nSPS) is 14.5. The molecule has 2 amide bonds. The highest BCUT2D eigenvalue weighted by molar-refractivity contribution is 7.92. The van der Waals surface area contributed by atoms with Crippen LogP contribution in [0.15, 0.2) is 78.9 Å². The van der Waals surface area contributed by atoms with Gasteiger partial charge in [-0.2, -0.15) is 0 Å². The predicted molar refractivity (Wildman–Crippen MR) is 160 cm³/mol. The quantitative estimate of drug-likeness (QED) is 0.316. The molecule has 7 nitrogen and oxygen atoms in total. The molecule has 10 heteroatoms. The van der Waals surface area contributed by atoms with Crippen LogP contribution < -0.4 is 9.62 Å². The van der Waals surface area contributed by atoms with E-state index in [0.29, 0.717) is 10.0 Å². The van der Waals surface area contributed by atoms with E-state index in [1.165, 1.54) is 11.0 Å². The number of nitrogens with zero attached hydrogens (tertiary/aromatic N) is 2. The van der Waals surface area contributed by atoms with Gasteiger partial charge >= 0.3 is 0 Å². The number of carbonyl (C=O) groups excluding carboxylic acids is 2. The topological polar surface area (TPSA) is 86.8 Å². The van der Waals surface area contributed by atoms with Gasteiger partial charge in [0, 0.05) is 29.1 Å². The zero-order valence-corrected chi connectivity index (χ0v) is 24.6. The van der Waals surface area contributed by atoms with Crippen LogP contribution in [0.4, 0.5) is 5.69 Å². The molecule has 0 radical (unpaired) electrons. The number of rotatable bonds is 11. The van der Waals surface area contributed by atoms with Gasteiger partial charge in [-0.25, -0.2) is 8.42 Å². The summed E-state index contributed by atoms with van der Waals surface area (Å²) in [5, 5.41) is 3.98. The van der Waals surface area contributed by atoms with Gasteiger partial charge in [0.1, 0.15) is 12.6 Å². The van der Waals surface area contributed by atoms with Crippen LogP contribution in [-0.4, -0.2) is 50.0 Å². The molecule has 1 aliphatic rings. The van der Waals surface area contributed by atoms with Gasteiger partial charge in [0.15, 0.2) is 0 Å². The molecule has 1 aliphatic carbocycles. The first-order chi connectivity index (χ1) is 19.1. The number of hydrogen-bond acceptors (Lipinski definition) is 4. The van der Waals surface area contributed by atoms with Crippen LogP contribution in [0.1, 0.15) is 36.8 Å². The fraction of sp³-hybridized carbons (Fsp3) is 0.333. The van der Waals surface area contributed by atoms with E-state index in [1.807, 2.05) is 36.4 Å². The summed E-state index contributed by atoms with van der Waals surface area (Å²) in [6.45, 7) is -0.427. The van der Waals surface area contributed by atoms with Crippen LogP contribution in [0, 0.1) is 0 Å². The highest BCUT2D eigenvalue weighted by Gasteiger charge is 2.34. The van der Waals surface area contributed by atoms with Crippen LogP contribution in [0.2, 0.25) is 10.0 Å². The van der Waals surface area contributed by atoms with Crippen molar-refractivity contribution in [1.82, 2.24) is 10.2 Å². The zero-order valence-electron chi connectivity index (χ0n) is 22.3. The van der Waals surface area contributed by atoms with Crippen molar-refractivity contribution >= 4 is 50.7 Å². The average molecular weight is 603 g/mol. The highest BCUT2D eigenvalue weighted by Crippen LogP contribution is 2.24. The zero-order chi connectivity index (χ0) is 28.7. The van der Waals surface area contributed by atoms with Crippen molar-refractivity contribution in [2.45, 2.75) is 50.7 Å². The van der Waals surface area contributed by atoms with Crippen molar-refractivity contribution in [2.24, 2.45) is 0 Å². The molecule has 40 heavy (non-hydrogen) atoms. The van der Waals surface area contributed by atoms with E-state index in [2.05, 4.69) is 5.32 Å². The Morgan fingerprint density at radius 2 is 1.52 bits per heavy atom. The summed E-state index contributed by atoms with van der Waals surface area (Å²) in [7, 11) is -3.86. The van der Waals surface area contributed by atoms with Crippen LogP contribution in [0.3, 0.4) is 0 Å². The van der Waals surface area contributed by atoms with Crippen molar-refractivity contribution in [1.29, 1.82) is 0 Å². The van der Waals surface area contributed by atoms with Crippen LogP contribution in [0.5, 0.6) is 0 Å². The van der Waals surface area contributed by atoms with Gasteiger partial charge in [-0.1, -0.05) is 84.6 Å². The molecule has 1 fully saturated rings. The first-order valence-corrected chi connectivity index (χ1v) is 15.8. The van der Waals surface area contributed by atoms with Crippen molar-refractivity contribution in [3.63, 3.8) is 0 Å². The molecule has 0 unspecified atom stereocenters. The Morgan fingerprint density at radius 1 is 0.900 bits per heavy atom. The van der Waals surface area contributed by atoms with Gasteiger partial charge in [-0.3, -0.25) is 13.9 Å². The Labute approximate surface area is 246 Å². The Kier molecular flexibility index (Phi) is 10.1. The molecule has 1 N–H and O–H groups in total. The standard InChI is InChI=1S/C30H33Cl2N3O4S/c1-40(38,39)35(27-16-8-13-25(32)19-27)21-29(36)34(20-23-11-7-12-24(31)17-23)28(18-22-9-3-2-4-10-22)30(37)33-26-14-5-6-15-26/h2-4,7-13,16-17,19,26,28H,5-6,14-15,18,20-21H2,1H3,(H,33,37)/t28-/m0/s1. The molecule has 4 rings (SSSR count). The van der Waals surface area contributed by atoms with Crippen LogP contribution >= 0.6 is 23.2 Å². The number of hydrogen-bond donors (Lipinski definition) is 1. The number of benzene rings is 3. The first kappa shape index (κ1) is 29.9. The van der Waals surface area contributed by atoms with Crippen molar-refractivity contribution in [2.75, 3.05) is 17.1 Å². The van der Waals surface area contributed by atoms with Crippen LogP contribution in [0.25, 0.3) is 0 Å². The third-order valence-corrected chi connectivity index (χ3v) is 8.60. The SMILES string of the molecule is CS(=O)(=O)N(CC(=O)N(Cc1cccc(Cl)c1)[C@@H](Cc1ccccc1)C(=O)NC1CCCC1)c1cccc(Cl)c1. The Morgan fingerprint density at radius 3 is 2.15 bits per heavy atom. The van der Waals surface area contributed by atoms with Gasteiger partial charge in [0.05, 0.1) is 11.9 Å². The van der Waals surface area contributed by atoms with Crippen molar-refractivity contribution < 1.29 is 18.0 Å². The van der Waals surface area contributed by atoms with E-state index in [4.69, 9.17) is 23.2 Å². The maximum absolute atomic E-state index is 14.1. The number of nitrogens with one attached hydrogen (secondary N) is 1. The van der Waals surface area contributed by atoms with E-state index in [-0.39, 0.29) is 30.6 Å². The molecule has 0 bridgehead atoms. The largest absolute Gasteiger partial charge is 0.352 e. The lowest BCUT2D eigenvalue weighted by Crippen LogP contribution is -2.54. The number of amides is 2. The molecule has 0 saturated heterocycles. The molecule has 1 atom stereocenters. The van der Waals surface area contributed by atoms with Gasteiger partial charge in [0.2, 0.25) is 21.8 Å². The highest BCUT2D eigenvalue weighted by atomic mass is 35.5. The molecule has 3 aromatic rings. The second kappa shape index (κ2) is 13.5. The minimum absolute atomic E-state index is 0.0490. The second-order valence-electron chi connectivity index (χ2n) is 10.1. The Bertz CT molecular complexity index is 1430. The fourth-order valence-electron chi connectivity index (χ4n) is 5.00. The number of halogens is 2. The number of carbonyl (C=O) groups is 2. The molecule has 1 saturated carbocycles. The lowest BCUT2D eigenvalue weighted by Gasteiger charge is -2.34. The summed E-state index contributed by atoms with van der Waals surface area (Å²) in [6.07, 6.45) is 5.18. The van der Waals surface area contributed by atoms with E-state index in [0.717, 1.165) is 47.4 Å². The molecule has 0 aromatic heterocycles. The molecule has 0 aliphatic heterocycles. The fourth-order valence-corrected chi connectivity index (χ4v) is 6.24. The lowest BCUT2D eigenvalue weighted by atomic mass is 10.0. The molecular formula is C30H33Cl2N3O4S. The average Bonchev–Trinajstić information content (AvgIpc) is 3.42. The van der Waals surface area contributed by atoms with Gasteiger partial charge < -0.3 is 10.2 Å². The lowest BCUT2D eigenvalue weighted by molar-refractivity contribution is -0.140. The van der Waals surface area contributed by atoms with E-state index in [9.17, 15) is 18.0 Å². The Balaban J connectivity index is 1.72. The second-order valence-corrected chi connectivity index (χ2v) is 12.9. The maximum atomic E-state index is 14.1.